The zero-order chi connectivity index (χ0) is 10.0. The fraction of sp³-hybridized carbons (Fsp3) is 0.800. The van der Waals surface area contributed by atoms with Crippen molar-refractivity contribution in [1.82, 2.24) is 10.1 Å². The van der Waals surface area contributed by atoms with Crippen LogP contribution in [0.5, 0.6) is 0 Å². The minimum atomic E-state index is 0.147. The van der Waals surface area contributed by atoms with Gasteiger partial charge in [0.15, 0.2) is 5.82 Å². The predicted molar refractivity (Wildman–Crippen MR) is 54.5 cm³/mol. The number of halogens is 1. The summed E-state index contributed by atoms with van der Waals surface area (Å²) in [7, 11) is 0. The number of nitrogens with zero attached hydrogens (tertiary/aromatic N) is 2. The Hall–Kier alpha value is -0.570. The SMILES string of the molecule is CC1(c2noc(CCCl)n2)CCCC1. The van der Waals surface area contributed by atoms with E-state index in [0.29, 0.717) is 18.2 Å². The van der Waals surface area contributed by atoms with Crippen LogP contribution in [-0.2, 0) is 11.8 Å². The second kappa shape index (κ2) is 3.89. The summed E-state index contributed by atoms with van der Waals surface area (Å²) in [4.78, 5) is 4.39. The molecule has 1 aliphatic carbocycles. The Morgan fingerprint density at radius 3 is 2.79 bits per heavy atom. The van der Waals surface area contributed by atoms with E-state index in [0.717, 1.165) is 5.82 Å². The summed E-state index contributed by atoms with van der Waals surface area (Å²) < 4.78 is 5.14. The molecule has 0 saturated heterocycles. The van der Waals surface area contributed by atoms with Crippen molar-refractivity contribution in [3.8, 4) is 0 Å². The third-order valence-electron chi connectivity index (χ3n) is 3.02. The van der Waals surface area contributed by atoms with Gasteiger partial charge in [0.1, 0.15) is 0 Å². The first-order valence-corrected chi connectivity index (χ1v) is 5.67. The Morgan fingerprint density at radius 2 is 2.14 bits per heavy atom. The minimum absolute atomic E-state index is 0.147. The maximum absolute atomic E-state index is 5.61. The molecule has 0 radical (unpaired) electrons. The van der Waals surface area contributed by atoms with Crippen LogP contribution in [0.3, 0.4) is 0 Å². The predicted octanol–water partition coefficient (Wildman–Crippen LogP) is 2.68. The lowest BCUT2D eigenvalue weighted by Crippen LogP contribution is -2.18. The molecule has 14 heavy (non-hydrogen) atoms. The standard InChI is InChI=1S/C10H15ClN2O/c1-10(5-2-3-6-10)9-12-8(4-7-11)14-13-9/h2-7H2,1H3. The van der Waals surface area contributed by atoms with Crippen LogP contribution in [0.2, 0.25) is 0 Å². The molecular weight excluding hydrogens is 200 g/mol. The molecule has 1 fully saturated rings. The van der Waals surface area contributed by atoms with Gasteiger partial charge in [0.2, 0.25) is 5.89 Å². The lowest BCUT2D eigenvalue weighted by atomic mass is 9.88. The third-order valence-corrected chi connectivity index (χ3v) is 3.21. The van der Waals surface area contributed by atoms with E-state index in [-0.39, 0.29) is 5.41 Å². The fourth-order valence-electron chi connectivity index (χ4n) is 2.06. The van der Waals surface area contributed by atoms with Gasteiger partial charge in [0, 0.05) is 17.7 Å². The molecule has 78 valence electrons. The fourth-order valence-corrected chi connectivity index (χ4v) is 2.22. The highest BCUT2D eigenvalue weighted by molar-refractivity contribution is 6.17. The minimum Gasteiger partial charge on any atom is -0.339 e. The zero-order valence-electron chi connectivity index (χ0n) is 8.42. The molecule has 1 heterocycles. The summed E-state index contributed by atoms with van der Waals surface area (Å²) in [6, 6.07) is 0. The Morgan fingerprint density at radius 1 is 1.43 bits per heavy atom. The summed E-state index contributed by atoms with van der Waals surface area (Å²) in [6.45, 7) is 2.22. The van der Waals surface area contributed by atoms with E-state index >= 15 is 0 Å². The van der Waals surface area contributed by atoms with Gasteiger partial charge < -0.3 is 4.52 Å². The molecule has 0 amide bonds. The van der Waals surface area contributed by atoms with Crippen LogP contribution in [0.15, 0.2) is 4.52 Å². The summed E-state index contributed by atoms with van der Waals surface area (Å²) in [6.07, 6.45) is 5.57. The lowest BCUT2D eigenvalue weighted by Gasteiger charge is -2.17. The molecule has 3 nitrogen and oxygen atoms in total. The number of aromatic nitrogens is 2. The monoisotopic (exact) mass is 214 g/mol. The first-order chi connectivity index (χ1) is 6.74. The topological polar surface area (TPSA) is 38.9 Å². The molecule has 4 heteroatoms. The van der Waals surface area contributed by atoms with Crippen LogP contribution in [0, 0.1) is 0 Å². The average molecular weight is 215 g/mol. The molecule has 1 saturated carbocycles. The largest absolute Gasteiger partial charge is 0.339 e. The Balaban J connectivity index is 2.15. The van der Waals surface area contributed by atoms with Crippen molar-refractivity contribution < 1.29 is 4.52 Å². The van der Waals surface area contributed by atoms with Gasteiger partial charge in [0.05, 0.1) is 0 Å². The second-order valence-corrected chi connectivity index (χ2v) is 4.60. The van der Waals surface area contributed by atoms with Gasteiger partial charge >= 0.3 is 0 Å². The normalized spacial score (nSPS) is 20.1. The van der Waals surface area contributed by atoms with Gasteiger partial charge in [0.25, 0.3) is 0 Å². The van der Waals surface area contributed by atoms with Crippen molar-refractivity contribution in [2.45, 2.75) is 44.4 Å². The molecule has 1 aromatic heterocycles. The second-order valence-electron chi connectivity index (χ2n) is 4.22. The smallest absolute Gasteiger partial charge is 0.227 e. The highest BCUT2D eigenvalue weighted by Gasteiger charge is 2.34. The number of hydrogen-bond donors (Lipinski definition) is 0. The van der Waals surface area contributed by atoms with Crippen molar-refractivity contribution in [3.05, 3.63) is 11.7 Å². The number of aryl methyl sites for hydroxylation is 1. The van der Waals surface area contributed by atoms with E-state index < -0.39 is 0 Å². The molecule has 0 aliphatic heterocycles. The molecule has 0 atom stereocenters. The van der Waals surface area contributed by atoms with Crippen molar-refractivity contribution in [1.29, 1.82) is 0 Å². The van der Waals surface area contributed by atoms with Gasteiger partial charge in [-0.2, -0.15) is 4.98 Å². The maximum Gasteiger partial charge on any atom is 0.227 e. The molecule has 0 aromatic carbocycles. The molecule has 0 spiro atoms. The summed E-state index contributed by atoms with van der Waals surface area (Å²) in [5.74, 6) is 2.08. The van der Waals surface area contributed by atoms with Gasteiger partial charge in [-0.25, -0.2) is 0 Å². The van der Waals surface area contributed by atoms with Crippen molar-refractivity contribution in [2.24, 2.45) is 0 Å². The average Bonchev–Trinajstić information content (AvgIpc) is 2.75. The zero-order valence-corrected chi connectivity index (χ0v) is 9.18. The molecule has 1 aliphatic rings. The van der Waals surface area contributed by atoms with E-state index in [1.54, 1.807) is 0 Å². The van der Waals surface area contributed by atoms with Gasteiger partial charge in [-0.05, 0) is 12.8 Å². The molecule has 0 bridgehead atoms. The Bertz CT molecular complexity index is 305. The number of rotatable bonds is 3. The van der Waals surface area contributed by atoms with Crippen LogP contribution < -0.4 is 0 Å². The van der Waals surface area contributed by atoms with E-state index in [2.05, 4.69) is 17.1 Å². The first kappa shape index (κ1) is 9.97. The van der Waals surface area contributed by atoms with E-state index in [1.165, 1.54) is 25.7 Å². The quantitative estimate of drug-likeness (QED) is 0.727. The van der Waals surface area contributed by atoms with Crippen molar-refractivity contribution >= 4 is 11.6 Å². The van der Waals surface area contributed by atoms with Crippen LogP contribution in [0.1, 0.15) is 44.3 Å². The molecule has 1 aromatic rings. The third kappa shape index (κ3) is 1.78. The van der Waals surface area contributed by atoms with Crippen molar-refractivity contribution in [2.75, 3.05) is 5.88 Å². The maximum atomic E-state index is 5.61. The van der Waals surface area contributed by atoms with E-state index in [9.17, 15) is 0 Å². The van der Waals surface area contributed by atoms with Gasteiger partial charge in [-0.15, -0.1) is 11.6 Å². The van der Waals surface area contributed by atoms with Crippen molar-refractivity contribution in [3.63, 3.8) is 0 Å². The molecule has 0 N–H and O–H groups in total. The summed E-state index contributed by atoms with van der Waals surface area (Å²) >= 11 is 5.61. The number of alkyl halides is 1. The van der Waals surface area contributed by atoms with Gasteiger partial charge in [-0.3, -0.25) is 0 Å². The lowest BCUT2D eigenvalue weighted by molar-refractivity contribution is 0.357. The van der Waals surface area contributed by atoms with Crippen LogP contribution in [0.25, 0.3) is 0 Å². The Labute approximate surface area is 88.8 Å². The Kier molecular flexibility index (Phi) is 2.77. The van der Waals surface area contributed by atoms with Crippen LogP contribution >= 0.6 is 11.6 Å². The van der Waals surface area contributed by atoms with Crippen LogP contribution in [-0.4, -0.2) is 16.0 Å². The summed E-state index contributed by atoms with van der Waals surface area (Å²) in [5, 5.41) is 4.04. The first-order valence-electron chi connectivity index (χ1n) is 5.14. The summed E-state index contributed by atoms with van der Waals surface area (Å²) in [5.41, 5.74) is 0.147. The van der Waals surface area contributed by atoms with Crippen LogP contribution in [0.4, 0.5) is 0 Å². The molecule has 0 unspecified atom stereocenters. The van der Waals surface area contributed by atoms with Gasteiger partial charge in [-0.1, -0.05) is 24.9 Å². The highest BCUT2D eigenvalue weighted by atomic mass is 35.5. The number of hydrogen-bond acceptors (Lipinski definition) is 3. The molecular formula is C10H15ClN2O. The van der Waals surface area contributed by atoms with E-state index in [4.69, 9.17) is 16.1 Å². The molecule has 2 rings (SSSR count). The highest BCUT2D eigenvalue weighted by Crippen LogP contribution is 2.38. The van der Waals surface area contributed by atoms with E-state index in [1.807, 2.05) is 0 Å².